The summed E-state index contributed by atoms with van der Waals surface area (Å²) in [4.78, 5) is 6.78. The van der Waals surface area contributed by atoms with Crippen LogP contribution in [0.3, 0.4) is 0 Å². The van der Waals surface area contributed by atoms with Gasteiger partial charge in [0.05, 0.1) is 17.0 Å². The lowest BCUT2D eigenvalue weighted by atomic mass is 9.85. The molecule has 1 N–H and O–H groups in total. The molecule has 1 heterocycles. The summed E-state index contributed by atoms with van der Waals surface area (Å²) in [7, 11) is -3.09. The molecule has 0 atom stereocenters. The summed E-state index contributed by atoms with van der Waals surface area (Å²) in [6, 6.07) is 6.50. The Morgan fingerprint density at radius 2 is 1.89 bits per heavy atom. The SMILES string of the molecule is CCNC(=NCC(C)(C)c1ccc(F)cc1)N1CCS(=O)(=O)C(C)(C)C1.I. The molecule has 0 saturated carbocycles. The van der Waals surface area contributed by atoms with E-state index in [9.17, 15) is 12.8 Å². The zero-order valence-corrected chi connectivity index (χ0v) is 19.9. The molecular formula is C19H31FIN3O2S. The minimum atomic E-state index is -3.09. The Kier molecular flexibility index (Phi) is 8.11. The molecule has 27 heavy (non-hydrogen) atoms. The summed E-state index contributed by atoms with van der Waals surface area (Å²) < 4.78 is 36.9. The van der Waals surface area contributed by atoms with Gasteiger partial charge in [0.15, 0.2) is 15.8 Å². The van der Waals surface area contributed by atoms with Gasteiger partial charge < -0.3 is 10.2 Å². The average molecular weight is 511 g/mol. The van der Waals surface area contributed by atoms with E-state index in [2.05, 4.69) is 19.2 Å². The van der Waals surface area contributed by atoms with E-state index in [0.29, 0.717) is 26.2 Å². The highest BCUT2D eigenvalue weighted by molar-refractivity contribution is 14.0. The van der Waals surface area contributed by atoms with Crippen LogP contribution in [0.5, 0.6) is 0 Å². The molecule has 2 rings (SSSR count). The van der Waals surface area contributed by atoms with Crippen molar-refractivity contribution in [2.75, 3.05) is 31.9 Å². The van der Waals surface area contributed by atoms with E-state index in [1.807, 2.05) is 11.8 Å². The van der Waals surface area contributed by atoms with Gasteiger partial charge in [-0.1, -0.05) is 26.0 Å². The third-order valence-corrected chi connectivity index (χ3v) is 7.46. The Morgan fingerprint density at radius 1 is 1.30 bits per heavy atom. The minimum Gasteiger partial charge on any atom is -0.357 e. The van der Waals surface area contributed by atoms with Gasteiger partial charge in [-0.05, 0) is 38.5 Å². The largest absolute Gasteiger partial charge is 0.357 e. The van der Waals surface area contributed by atoms with Crippen molar-refractivity contribution in [1.82, 2.24) is 10.2 Å². The molecule has 0 bridgehead atoms. The second-order valence-corrected chi connectivity index (χ2v) is 10.8. The molecule has 0 radical (unpaired) electrons. The standard InChI is InChI=1S/C19H30FN3O2S.HI/c1-6-21-17(23-11-12-26(24,25)19(4,5)14-23)22-13-18(2,3)15-7-9-16(20)10-8-15;/h7-10H,6,11-14H2,1-5H3,(H,21,22);1H. The maximum Gasteiger partial charge on any atom is 0.194 e. The van der Waals surface area contributed by atoms with Crippen molar-refractivity contribution in [2.45, 2.75) is 44.8 Å². The average Bonchev–Trinajstić information content (AvgIpc) is 2.54. The van der Waals surface area contributed by atoms with Gasteiger partial charge >= 0.3 is 0 Å². The Hall–Kier alpha value is -0.900. The van der Waals surface area contributed by atoms with Crippen LogP contribution >= 0.6 is 24.0 Å². The van der Waals surface area contributed by atoms with Gasteiger partial charge in [0.1, 0.15) is 5.82 Å². The number of hydrogen-bond donors (Lipinski definition) is 1. The van der Waals surface area contributed by atoms with Crippen molar-refractivity contribution >= 4 is 39.8 Å². The first-order valence-electron chi connectivity index (χ1n) is 9.00. The molecule has 8 heteroatoms. The van der Waals surface area contributed by atoms with Crippen molar-refractivity contribution in [3.63, 3.8) is 0 Å². The van der Waals surface area contributed by atoms with Crippen LogP contribution < -0.4 is 5.32 Å². The van der Waals surface area contributed by atoms with E-state index >= 15 is 0 Å². The van der Waals surface area contributed by atoms with Crippen LogP contribution in [0.2, 0.25) is 0 Å². The topological polar surface area (TPSA) is 61.8 Å². The Morgan fingerprint density at radius 3 is 2.41 bits per heavy atom. The number of nitrogens with one attached hydrogen (secondary N) is 1. The van der Waals surface area contributed by atoms with Crippen molar-refractivity contribution in [2.24, 2.45) is 4.99 Å². The van der Waals surface area contributed by atoms with Crippen LogP contribution in [0.4, 0.5) is 4.39 Å². The van der Waals surface area contributed by atoms with E-state index in [4.69, 9.17) is 4.99 Å². The van der Waals surface area contributed by atoms with Gasteiger partial charge in [-0.3, -0.25) is 4.99 Å². The normalized spacial score (nSPS) is 19.3. The number of rotatable bonds is 4. The second kappa shape index (κ2) is 9.07. The maximum absolute atomic E-state index is 13.2. The summed E-state index contributed by atoms with van der Waals surface area (Å²) in [5, 5.41) is 3.27. The zero-order chi connectivity index (χ0) is 19.6. The van der Waals surface area contributed by atoms with Crippen molar-refractivity contribution in [1.29, 1.82) is 0 Å². The molecule has 1 aliphatic heterocycles. The number of benzene rings is 1. The molecule has 1 aromatic carbocycles. The third-order valence-electron chi connectivity index (χ3n) is 4.93. The molecule has 1 aliphatic rings. The first-order valence-corrected chi connectivity index (χ1v) is 10.7. The monoisotopic (exact) mass is 511 g/mol. The molecule has 0 aromatic heterocycles. The van der Waals surface area contributed by atoms with Crippen molar-refractivity contribution in [3.05, 3.63) is 35.6 Å². The fourth-order valence-electron chi connectivity index (χ4n) is 3.02. The highest BCUT2D eigenvalue weighted by atomic mass is 127. The lowest BCUT2D eigenvalue weighted by Gasteiger charge is -2.39. The Labute approximate surface area is 179 Å². The highest BCUT2D eigenvalue weighted by Gasteiger charge is 2.41. The fourth-order valence-corrected chi connectivity index (χ4v) is 4.38. The summed E-state index contributed by atoms with van der Waals surface area (Å²) >= 11 is 0. The summed E-state index contributed by atoms with van der Waals surface area (Å²) in [5.41, 5.74) is 0.756. The number of halogens is 2. The smallest absolute Gasteiger partial charge is 0.194 e. The molecule has 0 aliphatic carbocycles. The number of nitrogens with zero attached hydrogens (tertiary/aromatic N) is 2. The maximum atomic E-state index is 13.2. The van der Waals surface area contributed by atoms with E-state index < -0.39 is 14.6 Å². The molecule has 5 nitrogen and oxygen atoms in total. The number of aliphatic imine (C=N–C) groups is 1. The number of sulfone groups is 1. The molecule has 154 valence electrons. The molecule has 1 aromatic rings. The lowest BCUT2D eigenvalue weighted by molar-refractivity contribution is 0.352. The van der Waals surface area contributed by atoms with E-state index in [-0.39, 0.29) is 41.0 Å². The van der Waals surface area contributed by atoms with Crippen LogP contribution in [0.1, 0.15) is 40.2 Å². The van der Waals surface area contributed by atoms with Crippen LogP contribution in [0, 0.1) is 5.82 Å². The molecular weight excluding hydrogens is 480 g/mol. The van der Waals surface area contributed by atoms with Crippen molar-refractivity contribution in [3.8, 4) is 0 Å². The Bertz CT molecular complexity index is 762. The van der Waals surface area contributed by atoms with Gasteiger partial charge in [0, 0.05) is 25.0 Å². The number of hydrogen-bond acceptors (Lipinski definition) is 3. The van der Waals surface area contributed by atoms with E-state index in [0.717, 1.165) is 11.5 Å². The molecule has 0 amide bonds. The van der Waals surface area contributed by atoms with Gasteiger partial charge in [-0.25, -0.2) is 12.8 Å². The third kappa shape index (κ3) is 5.79. The summed E-state index contributed by atoms with van der Waals surface area (Å²) in [5.74, 6) is 0.606. The van der Waals surface area contributed by atoms with E-state index in [1.54, 1.807) is 26.0 Å². The van der Waals surface area contributed by atoms with Crippen LogP contribution in [-0.4, -0.2) is 56.0 Å². The second-order valence-electron chi connectivity index (χ2n) is 8.06. The quantitative estimate of drug-likeness (QED) is 0.383. The van der Waals surface area contributed by atoms with Gasteiger partial charge in [-0.2, -0.15) is 0 Å². The first kappa shape index (κ1) is 24.1. The summed E-state index contributed by atoms with van der Waals surface area (Å²) in [6.45, 7) is 11.7. The molecule has 1 fully saturated rings. The number of guanidine groups is 1. The fraction of sp³-hybridized carbons (Fsp3) is 0.632. The highest BCUT2D eigenvalue weighted by Crippen LogP contribution is 2.26. The Balaban J connectivity index is 0.00000364. The van der Waals surface area contributed by atoms with Gasteiger partial charge in [0.2, 0.25) is 0 Å². The predicted molar refractivity (Wildman–Crippen MR) is 120 cm³/mol. The predicted octanol–water partition coefficient (Wildman–Crippen LogP) is 3.20. The molecule has 0 spiro atoms. The van der Waals surface area contributed by atoms with Crippen LogP contribution in [0.15, 0.2) is 29.3 Å². The van der Waals surface area contributed by atoms with Crippen LogP contribution in [-0.2, 0) is 15.3 Å². The van der Waals surface area contributed by atoms with Crippen LogP contribution in [0.25, 0.3) is 0 Å². The van der Waals surface area contributed by atoms with Gasteiger partial charge in [0.25, 0.3) is 0 Å². The minimum absolute atomic E-state index is 0. The first-order chi connectivity index (χ1) is 12.0. The molecule has 1 saturated heterocycles. The van der Waals surface area contributed by atoms with Gasteiger partial charge in [-0.15, -0.1) is 24.0 Å². The summed E-state index contributed by atoms with van der Waals surface area (Å²) in [6.07, 6.45) is 0. The molecule has 0 unspecified atom stereocenters. The van der Waals surface area contributed by atoms with Crippen molar-refractivity contribution < 1.29 is 12.8 Å². The zero-order valence-electron chi connectivity index (χ0n) is 16.8. The van der Waals surface area contributed by atoms with E-state index in [1.165, 1.54) is 12.1 Å². The lowest BCUT2D eigenvalue weighted by Crippen LogP contribution is -2.57.